The maximum atomic E-state index is 15.6. The second-order valence-corrected chi connectivity index (χ2v) is 12.3. The summed E-state index contributed by atoms with van der Waals surface area (Å²) in [6.07, 6.45) is 5.02. The van der Waals surface area contributed by atoms with Gasteiger partial charge in [-0.3, -0.25) is 19.2 Å². The highest BCUT2D eigenvalue weighted by Gasteiger charge is 2.32. The summed E-state index contributed by atoms with van der Waals surface area (Å²) in [6, 6.07) is 25.0. The topological polar surface area (TPSA) is 105 Å². The Morgan fingerprint density at radius 3 is 2.65 bits per heavy atom. The van der Waals surface area contributed by atoms with Crippen molar-refractivity contribution in [3.8, 4) is 21.7 Å². The van der Waals surface area contributed by atoms with Crippen LogP contribution >= 0.6 is 11.3 Å². The first-order valence-electron chi connectivity index (χ1n) is 15.0. The largest absolute Gasteiger partial charge is 0.322 e. The number of hydrogen-bond acceptors (Lipinski definition) is 7. The van der Waals surface area contributed by atoms with E-state index in [0.29, 0.717) is 29.2 Å². The van der Waals surface area contributed by atoms with Gasteiger partial charge in [0.2, 0.25) is 0 Å². The number of halogens is 1. The Kier molecular flexibility index (Phi) is 8.08. The quantitative estimate of drug-likeness (QED) is 0.207. The zero-order chi connectivity index (χ0) is 31.6. The number of hydrogen-bond donors (Lipinski definition) is 2. The molecule has 1 aliphatic rings. The number of piperidine rings is 1. The maximum Gasteiger partial charge on any atom is 0.262 e. The van der Waals surface area contributed by atoms with Crippen LogP contribution in [0.5, 0.6) is 0 Å². The van der Waals surface area contributed by atoms with Gasteiger partial charge in [0.15, 0.2) is 0 Å². The van der Waals surface area contributed by atoms with E-state index in [-0.39, 0.29) is 17.5 Å². The van der Waals surface area contributed by atoms with Gasteiger partial charge in [0, 0.05) is 51.6 Å². The summed E-state index contributed by atoms with van der Waals surface area (Å²) >= 11 is 1.55. The number of rotatable bonds is 7. The molecule has 4 heterocycles. The van der Waals surface area contributed by atoms with Gasteiger partial charge in [0.05, 0.1) is 17.8 Å². The normalized spacial score (nSPS) is 14.7. The number of nitrogens with zero attached hydrogens (tertiary/aromatic N) is 5. The first-order chi connectivity index (χ1) is 22.4. The Labute approximate surface area is 268 Å². The number of fused-ring (bicyclic) bond motifs is 1. The first-order valence-corrected chi connectivity index (χ1v) is 15.8. The van der Waals surface area contributed by atoms with Crippen LogP contribution in [0.3, 0.4) is 0 Å². The van der Waals surface area contributed by atoms with Gasteiger partial charge in [-0.05, 0) is 73.5 Å². The van der Waals surface area contributed by atoms with Crippen molar-refractivity contribution >= 4 is 44.7 Å². The van der Waals surface area contributed by atoms with E-state index in [4.69, 9.17) is 4.98 Å². The van der Waals surface area contributed by atoms with Crippen molar-refractivity contribution in [2.45, 2.75) is 18.9 Å². The van der Waals surface area contributed by atoms with Gasteiger partial charge >= 0.3 is 0 Å². The van der Waals surface area contributed by atoms with Crippen LogP contribution in [0.1, 0.15) is 33.6 Å². The van der Waals surface area contributed by atoms with Crippen molar-refractivity contribution in [1.29, 1.82) is 0 Å². The second kappa shape index (κ2) is 12.6. The molecule has 0 spiro atoms. The van der Waals surface area contributed by atoms with Crippen molar-refractivity contribution in [2.24, 2.45) is 7.05 Å². The number of pyridine rings is 1. The summed E-state index contributed by atoms with van der Waals surface area (Å²) < 4.78 is 18.1. The number of benzene rings is 3. The van der Waals surface area contributed by atoms with E-state index in [2.05, 4.69) is 20.9 Å². The lowest BCUT2D eigenvalue weighted by Gasteiger charge is -2.34. The number of para-hydroxylation sites is 1. The summed E-state index contributed by atoms with van der Waals surface area (Å²) in [4.78, 5) is 34.5. The summed E-state index contributed by atoms with van der Waals surface area (Å²) in [5, 5.41) is 15.1. The number of aryl methyl sites for hydroxylation is 1. The van der Waals surface area contributed by atoms with E-state index in [1.165, 1.54) is 12.1 Å². The molecule has 0 radical (unpaired) electrons. The first kappa shape index (κ1) is 29.5. The summed E-state index contributed by atoms with van der Waals surface area (Å²) in [5.41, 5.74) is 3.14. The van der Waals surface area contributed by atoms with E-state index in [1.807, 2.05) is 60.7 Å². The number of carbonyl (C=O) groups excluding carboxylic acids is 2. The molecule has 1 atom stereocenters. The molecule has 2 amide bonds. The fourth-order valence-electron chi connectivity index (χ4n) is 5.77. The molecule has 46 heavy (non-hydrogen) atoms. The van der Waals surface area contributed by atoms with Crippen molar-refractivity contribution in [3.63, 3.8) is 0 Å². The monoisotopic (exact) mass is 631 g/mol. The average molecular weight is 632 g/mol. The van der Waals surface area contributed by atoms with Gasteiger partial charge < -0.3 is 10.6 Å². The molecular formula is C35H30FN7O2S. The standard InChI is InChI=1S/C35H30FN7O2S/c1-42-21-30(40-41-42)22-12-13-27(29(36)18-22)35(45)43(26-11-6-15-37-20-26)33-28-19-32(46-31(28)14-16-38-33)23-7-5-8-24(17-23)34(44)39-25-9-3-2-4-10-25/h2-5,7-10,12-14,16-19,21,26,37H,6,11,15,20H2,1H3,(H,39,44)/t26-/m1/s1. The highest BCUT2D eigenvalue weighted by atomic mass is 32.1. The van der Waals surface area contributed by atoms with Gasteiger partial charge in [0.1, 0.15) is 17.3 Å². The maximum absolute atomic E-state index is 15.6. The molecule has 11 heteroatoms. The average Bonchev–Trinajstić information content (AvgIpc) is 3.73. The predicted molar refractivity (Wildman–Crippen MR) is 179 cm³/mol. The van der Waals surface area contributed by atoms with Gasteiger partial charge in [-0.2, -0.15) is 0 Å². The molecular weight excluding hydrogens is 601 g/mol. The van der Waals surface area contributed by atoms with E-state index in [1.54, 1.807) is 52.5 Å². The fourth-order valence-corrected chi connectivity index (χ4v) is 6.82. The van der Waals surface area contributed by atoms with Crippen LogP contribution in [0.15, 0.2) is 97.3 Å². The molecule has 2 N–H and O–H groups in total. The van der Waals surface area contributed by atoms with Crippen molar-refractivity contribution in [2.75, 3.05) is 23.3 Å². The molecule has 9 nitrogen and oxygen atoms in total. The van der Waals surface area contributed by atoms with Gasteiger partial charge in [-0.15, -0.1) is 16.4 Å². The van der Waals surface area contributed by atoms with Crippen LogP contribution < -0.4 is 15.5 Å². The Morgan fingerprint density at radius 1 is 1.02 bits per heavy atom. The lowest BCUT2D eigenvalue weighted by atomic mass is 10.0. The Bertz CT molecular complexity index is 2050. The molecule has 0 saturated carbocycles. The van der Waals surface area contributed by atoms with Crippen LogP contribution in [0, 0.1) is 5.82 Å². The summed E-state index contributed by atoms with van der Waals surface area (Å²) in [7, 11) is 1.74. The predicted octanol–water partition coefficient (Wildman–Crippen LogP) is 6.55. The third kappa shape index (κ3) is 5.90. The highest BCUT2D eigenvalue weighted by Crippen LogP contribution is 2.39. The number of nitrogens with one attached hydrogen (secondary N) is 2. The second-order valence-electron chi connectivity index (χ2n) is 11.2. The van der Waals surface area contributed by atoms with E-state index in [0.717, 1.165) is 45.6 Å². The zero-order valence-electron chi connectivity index (χ0n) is 25.0. The van der Waals surface area contributed by atoms with Crippen LogP contribution in [-0.2, 0) is 7.05 Å². The molecule has 0 bridgehead atoms. The van der Waals surface area contributed by atoms with Crippen LogP contribution in [-0.4, -0.2) is 50.9 Å². The lowest BCUT2D eigenvalue weighted by Crippen LogP contribution is -2.49. The lowest BCUT2D eigenvalue weighted by molar-refractivity contribution is 0.0966. The summed E-state index contributed by atoms with van der Waals surface area (Å²) in [5.74, 6) is -0.811. The van der Waals surface area contributed by atoms with Crippen molar-refractivity contribution in [3.05, 3.63) is 114 Å². The molecule has 0 aliphatic carbocycles. The number of aromatic nitrogens is 4. The zero-order valence-corrected chi connectivity index (χ0v) is 25.8. The van der Waals surface area contributed by atoms with Gasteiger partial charge in [-0.25, -0.2) is 9.37 Å². The van der Waals surface area contributed by atoms with E-state index < -0.39 is 11.7 Å². The number of carbonyl (C=O) groups is 2. The fraction of sp³-hybridized carbons (Fsp3) is 0.171. The molecule has 7 rings (SSSR count). The minimum atomic E-state index is -0.634. The van der Waals surface area contributed by atoms with Crippen molar-refractivity contribution in [1.82, 2.24) is 25.3 Å². The van der Waals surface area contributed by atoms with E-state index in [9.17, 15) is 9.59 Å². The minimum absolute atomic E-state index is 0.0374. The summed E-state index contributed by atoms with van der Waals surface area (Å²) in [6.45, 7) is 1.42. The molecule has 6 aromatic rings. The molecule has 230 valence electrons. The van der Waals surface area contributed by atoms with Gasteiger partial charge in [0.25, 0.3) is 11.8 Å². The molecule has 1 aliphatic heterocycles. The van der Waals surface area contributed by atoms with Crippen molar-refractivity contribution < 1.29 is 14.0 Å². The van der Waals surface area contributed by atoms with Crippen LogP contribution in [0.25, 0.3) is 31.8 Å². The Hall–Kier alpha value is -5.26. The third-order valence-corrected chi connectivity index (χ3v) is 9.20. The number of amides is 2. The van der Waals surface area contributed by atoms with Gasteiger partial charge in [-0.1, -0.05) is 41.6 Å². The number of thiophene rings is 1. The SMILES string of the molecule is Cn1cc(-c2ccc(C(=O)N(c3nccc4sc(-c5cccc(C(=O)Nc6ccccc6)c5)cc34)[C@@H]3CCCNC3)c(F)c2)nn1. The van der Waals surface area contributed by atoms with Crippen LogP contribution in [0.4, 0.5) is 15.9 Å². The van der Waals surface area contributed by atoms with Crippen LogP contribution in [0.2, 0.25) is 0 Å². The van der Waals surface area contributed by atoms with E-state index >= 15 is 4.39 Å². The Balaban J connectivity index is 1.24. The molecule has 1 fully saturated rings. The molecule has 3 aromatic heterocycles. The number of anilines is 2. The smallest absolute Gasteiger partial charge is 0.262 e. The Morgan fingerprint density at radius 2 is 1.89 bits per heavy atom. The minimum Gasteiger partial charge on any atom is -0.322 e. The highest BCUT2D eigenvalue weighted by molar-refractivity contribution is 7.22. The third-order valence-electron chi connectivity index (χ3n) is 8.05. The molecule has 0 unspecified atom stereocenters. The molecule has 3 aromatic carbocycles. The molecule has 1 saturated heterocycles.